The summed E-state index contributed by atoms with van der Waals surface area (Å²) < 4.78 is 6.12. The van der Waals surface area contributed by atoms with Crippen molar-refractivity contribution in [3.8, 4) is 0 Å². The minimum absolute atomic E-state index is 0.0438. The molecule has 1 unspecified atom stereocenters. The topological polar surface area (TPSA) is 191 Å². The number of aromatic amines is 1. The van der Waals surface area contributed by atoms with Crippen LogP contribution < -0.4 is 21.9 Å². The fourth-order valence-corrected chi connectivity index (χ4v) is 3.92. The first kappa shape index (κ1) is 25.3. The zero-order valence-corrected chi connectivity index (χ0v) is 19.3. The number of nitrogen functional groups attached to an aromatic ring is 1. The molecule has 0 aliphatic carbocycles. The maximum Gasteiger partial charge on any atom is 0.330 e. The number of nitrogens with one attached hydrogen (secondary N) is 1. The molecular formula is C21H24N6O8. The molecule has 1 aliphatic heterocycles. The second-order valence-corrected chi connectivity index (χ2v) is 7.74. The largest absolute Gasteiger partial charge is 0.383 e. The van der Waals surface area contributed by atoms with Crippen LogP contribution in [0.3, 0.4) is 0 Å². The van der Waals surface area contributed by atoms with Gasteiger partial charge in [0.2, 0.25) is 5.91 Å². The molecule has 2 aromatic rings. The second-order valence-electron chi connectivity index (χ2n) is 7.74. The molecule has 3 N–H and O–H groups in total. The van der Waals surface area contributed by atoms with E-state index in [0.717, 1.165) is 15.5 Å². The maximum atomic E-state index is 13.6. The number of ether oxygens (including phenoxy) is 1. The van der Waals surface area contributed by atoms with Crippen molar-refractivity contribution in [3.05, 3.63) is 60.3 Å². The number of nitro benzene ring substituents is 1. The van der Waals surface area contributed by atoms with Crippen molar-refractivity contribution in [2.45, 2.75) is 32.9 Å². The number of rotatable bonds is 9. The van der Waals surface area contributed by atoms with Crippen LogP contribution in [0, 0.1) is 10.1 Å². The number of carbonyl (C=O) groups is 3. The maximum absolute atomic E-state index is 13.6. The molecule has 0 radical (unpaired) electrons. The highest BCUT2D eigenvalue weighted by molar-refractivity contribution is 6.25. The van der Waals surface area contributed by atoms with Gasteiger partial charge in [0.1, 0.15) is 17.4 Å². The quantitative estimate of drug-likeness (QED) is 0.280. The smallest absolute Gasteiger partial charge is 0.330 e. The van der Waals surface area contributed by atoms with E-state index >= 15 is 0 Å². The number of hydrogen-bond donors (Lipinski definition) is 2. The van der Waals surface area contributed by atoms with Crippen molar-refractivity contribution in [1.29, 1.82) is 0 Å². The van der Waals surface area contributed by atoms with Crippen LogP contribution in [0.4, 0.5) is 17.2 Å². The van der Waals surface area contributed by atoms with Crippen LogP contribution in [0.2, 0.25) is 0 Å². The average molecular weight is 488 g/mol. The summed E-state index contributed by atoms with van der Waals surface area (Å²) in [4.78, 5) is 78.7. The van der Waals surface area contributed by atoms with E-state index in [2.05, 4.69) is 4.98 Å². The number of fused-ring (bicyclic) bond motifs is 1. The average Bonchev–Trinajstić information content (AvgIpc) is 3.07. The molecule has 3 amide bonds. The number of methoxy groups -OCH3 is 1. The number of amides is 3. The fraction of sp³-hybridized carbons (Fsp3) is 0.381. The molecule has 1 aromatic carbocycles. The van der Waals surface area contributed by atoms with Gasteiger partial charge in [0.25, 0.3) is 23.1 Å². The number of nitrogens with two attached hydrogens (primary N) is 1. The Labute approximate surface area is 198 Å². The highest BCUT2D eigenvalue weighted by Gasteiger charge is 2.46. The molecule has 14 heteroatoms. The second kappa shape index (κ2) is 9.89. The van der Waals surface area contributed by atoms with Crippen LogP contribution in [0.5, 0.6) is 0 Å². The summed E-state index contributed by atoms with van der Waals surface area (Å²) in [6.07, 6.45) is 0.506. The predicted molar refractivity (Wildman–Crippen MR) is 123 cm³/mol. The number of benzene rings is 1. The molecule has 1 atom stereocenters. The Bertz CT molecular complexity index is 1330. The molecule has 1 aromatic heterocycles. The Hall–Kier alpha value is -4.33. The first-order valence-electron chi connectivity index (χ1n) is 10.6. The van der Waals surface area contributed by atoms with Gasteiger partial charge in [0, 0.05) is 26.3 Å². The Morgan fingerprint density at radius 2 is 1.94 bits per heavy atom. The normalized spacial score (nSPS) is 13.6. The SMILES string of the molecule is CCCn1c(N)c(N(CCOC)C(=O)C(C)N2C(=O)c3cccc([N+](=O)[O-])c3C2=O)c(=O)[nH]c1=O. The van der Waals surface area contributed by atoms with Crippen molar-refractivity contribution in [2.24, 2.45) is 0 Å². The van der Waals surface area contributed by atoms with Crippen molar-refractivity contribution >= 4 is 34.9 Å². The third-order valence-corrected chi connectivity index (χ3v) is 5.58. The van der Waals surface area contributed by atoms with Gasteiger partial charge >= 0.3 is 5.69 Å². The highest BCUT2D eigenvalue weighted by Crippen LogP contribution is 2.32. The molecular weight excluding hydrogens is 464 g/mol. The van der Waals surface area contributed by atoms with Gasteiger partial charge in [0.05, 0.1) is 17.1 Å². The van der Waals surface area contributed by atoms with Gasteiger partial charge in [-0.05, 0) is 19.4 Å². The summed E-state index contributed by atoms with van der Waals surface area (Å²) in [7, 11) is 1.36. The van der Waals surface area contributed by atoms with Crippen LogP contribution in [-0.4, -0.2) is 63.4 Å². The molecule has 2 heterocycles. The van der Waals surface area contributed by atoms with Crippen LogP contribution in [-0.2, 0) is 16.1 Å². The summed E-state index contributed by atoms with van der Waals surface area (Å²) in [5.41, 5.74) is 2.88. The van der Waals surface area contributed by atoms with Crippen molar-refractivity contribution in [3.63, 3.8) is 0 Å². The molecule has 0 fully saturated rings. The summed E-state index contributed by atoms with van der Waals surface area (Å²) >= 11 is 0. The molecule has 0 saturated carbocycles. The van der Waals surface area contributed by atoms with Gasteiger partial charge in [-0.15, -0.1) is 0 Å². The van der Waals surface area contributed by atoms with Gasteiger partial charge < -0.3 is 15.4 Å². The molecule has 0 saturated heterocycles. The van der Waals surface area contributed by atoms with Gasteiger partial charge in [-0.1, -0.05) is 13.0 Å². The van der Waals surface area contributed by atoms with Gasteiger partial charge in [-0.2, -0.15) is 0 Å². The number of anilines is 2. The van der Waals surface area contributed by atoms with Gasteiger partial charge in [0.15, 0.2) is 5.69 Å². The van der Waals surface area contributed by atoms with E-state index in [9.17, 15) is 34.1 Å². The van der Waals surface area contributed by atoms with E-state index in [4.69, 9.17) is 10.5 Å². The summed E-state index contributed by atoms with van der Waals surface area (Å²) in [5.74, 6) is -3.05. The molecule has 186 valence electrons. The number of nitro groups is 1. The minimum atomic E-state index is -1.47. The van der Waals surface area contributed by atoms with Gasteiger partial charge in [-0.3, -0.25) is 43.7 Å². The summed E-state index contributed by atoms with van der Waals surface area (Å²) in [5, 5.41) is 11.4. The molecule has 0 bridgehead atoms. The fourth-order valence-electron chi connectivity index (χ4n) is 3.92. The number of carbonyl (C=O) groups excluding carboxylic acids is 3. The Morgan fingerprint density at radius 1 is 1.26 bits per heavy atom. The Morgan fingerprint density at radius 3 is 2.54 bits per heavy atom. The summed E-state index contributed by atoms with van der Waals surface area (Å²) in [6.45, 7) is 2.97. The lowest BCUT2D eigenvalue weighted by atomic mass is 10.1. The number of hydrogen-bond acceptors (Lipinski definition) is 9. The van der Waals surface area contributed by atoms with E-state index in [1.54, 1.807) is 6.92 Å². The monoisotopic (exact) mass is 488 g/mol. The van der Waals surface area contributed by atoms with Crippen LogP contribution in [0.1, 0.15) is 41.0 Å². The highest BCUT2D eigenvalue weighted by atomic mass is 16.6. The van der Waals surface area contributed by atoms with E-state index in [1.807, 2.05) is 0 Å². The number of nitrogens with zero attached hydrogens (tertiary/aromatic N) is 4. The third-order valence-electron chi connectivity index (χ3n) is 5.58. The van der Waals surface area contributed by atoms with Crippen molar-refractivity contribution in [1.82, 2.24) is 14.5 Å². The van der Waals surface area contributed by atoms with Gasteiger partial charge in [-0.25, -0.2) is 4.79 Å². The van der Waals surface area contributed by atoms with Crippen molar-refractivity contribution in [2.75, 3.05) is 30.9 Å². The number of H-pyrrole nitrogens is 1. The summed E-state index contributed by atoms with van der Waals surface area (Å²) in [6, 6.07) is 2.14. The predicted octanol–water partition coefficient (Wildman–Crippen LogP) is 0.101. The van der Waals surface area contributed by atoms with Crippen LogP contribution >= 0.6 is 0 Å². The minimum Gasteiger partial charge on any atom is -0.383 e. The first-order chi connectivity index (χ1) is 16.6. The van der Waals surface area contributed by atoms with E-state index in [-0.39, 0.29) is 36.8 Å². The number of aromatic nitrogens is 2. The molecule has 3 rings (SSSR count). The zero-order valence-electron chi connectivity index (χ0n) is 19.3. The Balaban J connectivity index is 2.08. The first-order valence-corrected chi connectivity index (χ1v) is 10.6. The Kier molecular flexibility index (Phi) is 7.14. The molecule has 35 heavy (non-hydrogen) atoms. The van der Waals surface area contributed by atoms with E-state index in [0.29, 0.717) is 11.3 Å². The third kappa shape index (κ3) is 4.30. The number of imide groups is 1. The molecule has 1 aliphatic rings. The lowest BCUT2D eigenvalue weighted by molar-refractivity contribution is -0.385. The van der Waals surface area contributed by atoms with E-state index in [1.165, 1.54) is 26.2 Å². The lowest BCUT2D eigenvalue weighted by Gasteiger charge is -2.29. The van der Waals surface area contributed by atoms with Crippen LogP contribution in [0.25, 0.3) is 0 Å². The standard InChI is InChI=1S/C21H24N6O8/c1-4-8-25-16(22)15(17(28)23-21(25)32)24(9-10-35-3)18(29)11(2)26-19(30)12-6-5-7-13(27(33)34)14(12)20(26)31/h5-7,11H,4,8-10,22H2,1-3H3,(H,23,28,32). The van der Waals surface area contributed by atoms with Crippen LogP contribution in [0.15, 0.2) is 27.8 Å². The van der Waals surface area contributed by atoms with E-state index < -0.39 is 51.2 Å². The molecule has 14 nitrogen and oxygen atoms in total. The van der Waals surface area contributed by atoms with Crippen molar-refractivity contribution < 1.29 is 24.0 Å². The molecule has 0 spiro atoms. The zero-order chi connectivity index (χ0) is 26.0. The lowest BCUT2D eigenvalue weighted by Crippen LogP contribution is -2.52.